The van der Waals surface area contributed by atoms with Crippen LogP contribution in [0.4, 0.5) is 4.39 Å². The Labute approximate surface area is 131 Å². The molecular weight excluding hydrogens is 335 g/mol. The molecule has 21 heavy (non-hydrogen) atoms. The molecule has 1 N–H and O–H groups in total. The van der Waals surface area contributed by atoms with Crippen molar-refractivity contribution in [1.82, 2.24) is 0 Å². The molecule has 2 nitrogen and oxygen atoms in total. The van der Waals surface area contributed by atoms with Crippen LogP contribution in [0.25, 0.3) is 0 Å². The molecule has 3 rings (SSSR count). The lowest BCUT2D eigenvalue weighted by molar-refractivity contribution is 0.0383. The van der Waals surface area contributed by atoms with Crippen LogP contribution in [0.3, 0.4) is 0 Å². The van der Waals surface area contributed by atoms with Gasteiger partial charge in [0.25, 0.3) is 0 Å². The number of ether oxygens (including phenoxy) is 1. The van der Waals surface area contributed by atoms with E-state index in [1.165, 1.54) is 12.1 Å². The minimum Gasteiger partial charge on any atom is -0.496 e. The summed E-state index contributed by atoms with van der Waals surface area (Å²) in [6.45, 7) is 0. The summed E-state index contributed by atoms with van der Waals surface area (Å²) < 4.78 is 19.6. The van der Waals surface area contributed by atoms with Crippen LogP contribution in [0.5, 0.6) is 5.75 Å². The van der Waals surface area contributed by atoms with Crippen molar-refractivity contribution in [1.29, 1.82) is 0 Å². The van der Waals surface area contributed by atoms with E-state index in [0.29, 0.717) is 19.3 Å². The maximum absolute atomic E-state index is 13.3. The molecule has 0 aromatic heterocycles. The molecule has 1 atom stereocenters. The number of fused-ring (bicyclic) bond motifs is 1. The quantitative estimate of drug-likeness (QED) is 0.907. The van der Waals surface area contributed by atoms with Crippen molar-refractivity contribution in [3.8, 4) is 5.75 Å². The zero-order chi connectivity index (χ0) is 15.0. The Morgan fingerprint density at radius 3 is 2.86 bits per heavy atom. The van der Waals surface area contributed by atoms with Crippen molar-refractivity contribution in [3.05, 3.63) is 63.4 Å². The van der Waals surface area contributed by atoms with E-state index >= 15 is 0 Å². The minimum atomic E-state index is -0.961. The smallest absolute Gasteiger partial charge is 0.123 e. The van der Waals surface area contributed by atoms with Crippen LogP contribution < -0.4 is 4.74 Å². The van der Waals surface area contributed by atoms with Crippen molar-refractivity contribution in [3.63, 3.8) is 0 Å². The van der Waals surface area contributed by atoms with Gasteiger partial charge in [0.1, 0.15) is 11.6 Å². The summed E-state index contributed by atoms with van der Waals surface area (Å²) in [7, 11) is 1.62. The van der Waals surface area contributed by atoms with Gasteiger partial charge >= 0.3 is 0 Å². The van der Waals surface area contributed by atoms with Gasteiger partial charge in [0.2, 0.25) is 0 Å². The van der Waals surface area contributed by atoms with E-state index in [2.05, 4.69) is 15.9 Å². The lowest BCUT2D eigenvalue weighted by Crippen LogP contribution is -2.25. The molecule has 0 saturated heterocycles. The lowest BCUT2D eigenvalue weighted by Gasteiger charge is -2.25. The van der Waals surface area contributed by atoms with Crippen LogP contribution in [0, 0.1) is 5.82 Å². The number of benzene rings is 2. The van der Waals surface area contributed by atoms with E-state index in [0.717, 1.165) is 26.9 Å². The van der Waals surface area contributed by atoms with E-state index in [4.69, 9.17) is 4.74 Å². The summed E-state index contributed by atoms with van der Waals surface area (Å²) in [4.78, 5) is 0. The number of hydrogen-bond acceptors (Lipinski definition) is 2. The Morgan fingerprint density at radius 1 is 1.29 bits per heavy atom. The molecule has 0 heterocycles. The monoisotopic (exact) mass is 350 g/mol. The van der Waals surface area contributed by atoms with Crippen molar-refractivity contribution >= 4 is 15.9 Å². The van der Waals surface area contributed by atoms with E-state index in [9.17, 15) is 9.50 Å². The van der Waals surface area contributed by atoms with Gasteiger partial charge in [-0.2, -0.15) is 0 Å². The third kappa shape index (κ3) is 2.70. The van der Waals surface area contributed by atoms with Gasteiger partial charge < -0.3 is 9.84 Å². The zero-order valence-electron chi connectivity index (χ0n) is 11.7. The first-order valence-electron chi connectivity index (χ1n) is 6.85. The molecule has 0 bridgehead atoms. The topological polar surface area (TPSA) is 29.5 Å². The first kappa shape index (κ1) is 14.5. The van der Waals surface area contributed by atoms with Crippen molar-refractivity contribution in [2.24, 2.45) is 0 Å². The third-order valence-corrected chi connectivity index (χ3v) is 4.60. The number of hydrogen-bond donors (Lipinski definition) is 1. The highest BCUT2D eigenvalue weighted by atomic mass is 79.9. The largest absolute Gasteiger partial charge is 0.496 e. The highest BCUT2D eigenvalue weighted by molar-refractivity contribution is 9.10. The molecule has 1 unspecified atom stereocenters. The van der Waals surface area contributed by atoms with Crippen LogP contribution >= 0.6 is 15.9 Å². The van der Waals surface area contributed by atoms with Crippen LogP contribution in [0.1, 0.15) is 23.1 Å². The molecule has 2 aromatic carbocycles. The first-order valence-corrected chi connectivity index (χ1v) is 7.65. The molecule has 0 spiro atoms. The summed E-state index contributed by atoms with van der Waals surface area (Å²) in [6, 6.07) is 10.4. The summed E-state index contributed by atoms with van der Waals surface area (Å²) >= 11 is 3.45. The molecule has 4 heteroatoms. The van der Waals surface area contributed by atoms with Crippen molar-refractivity contribution < 1.29 is 14.2 Å². The van der Waals surface area contributed by atoms with Crippen LogP contribution in [0.2, 0.25) is 0 Å². The van der Waals surface area contributed by atoms with Gasteiger partial charge in [-0.1, -0.05) is 22.0 Å². The fourth-order valence-electron chi connectivity index (χ4n) is 3.08. The van der Waals surface area contributed by atoms with E-state index in [1.54, 1.807) is 13.2 Å². The van der Waals surface area contributed by atoms with Crippen LogP contribution in [-0.2, 0) is 18.4 Å². The number of methoxy groups -OCH3 is 1. The maximum Gasteiger partial charge on any atom is 0.123 e. The lowest BCUT2D eigenvalue weighted by atomic mass is 9.88. The maximum atomic E-state index is 13.3. The Bertz CT molecular complexity index is 686. The summed E-state index contributed by atoms with van der Waals surface area (Å²) in [5.74, 6) is 0.500. The van der Waals surface area contributed by atoms with Gasteiger partial charge in [0, 0.05) is 10.9 Å². The second-order valence-corrected chi connectivity index (χ2v) is 6.38. The van der Waals surface area contributed by atoms with Gasteiger partial charge in [0.05, 0.1) is 12.7 Å². The Hall–Kier alpha value is -1.39. The van der Waals surface area contributed by atoms with Crippen molar-refractivity contribution in [2.45, 2.75) is 24.9 Å². The second-order valence-electron chi connectivity index (χ2n) is 5.47. The fraction of sp³-hybridized carbons (Fsp3) is 0.294. The Morgan fingerprint density at radius 2 is 2.10 bits per heavy atom. The Balaban J connectivity index is 1.98. The normalized spacial score (nSPS) is 20.4. The first-order chi connectivity index (χ1) is 10.0. The molecule has 110 valence electrons. The van der Waals surface area contributed by atoms with Gasteiger partial charge in [-0.15, -0.1) is 0 Å². The number of aryl methyl sites for hydroxylation is 1. The van der Waals surface area contributed by atoms with E-state index in [-0.39, 0.29) is 5.82 Å². The van der Waals surface area contributed by atoms with E-state index in [1.807, 2.05) is 18.2 Å². The van der Waals surface area contributed by atoms with Gasteiger partial charge in [-0.25, -0.2) is 4.39 Å². The minimum absolute atomic E-state index is 0.252. The molecule has 0 radical (unpaired) electrons. The molecule has 1 aliphatic rings. The summed E-state index contributed by atoms with van der Waals surface area (Å²) in [6.07, 6.45) is 1.75. The molecule has 0 amide bonds. The molecule has 2 aromatic rings. The second kappa shape index (κ2) is 5.43. The molecular formula is C17H16BrFO2. The summed E-state index contributed by atoms with van der Waals surface area (Å²) in [5, 5.41) is 11.0. The van der Waals surface area contributed by atoms with E-state index < -0.39 is 5.60 Å². The predicted molar refractivity (Wildman–Crippen MR) is 83.0 cm³/mol. The predicted octanol–water partition coefficient (Wildman–Crippen LogP) is 3.97. The SMILES string of the molecule is COc1ccc(Br)cc1CC1(O)CCc2cc(F)ccc21. The highest BCUT2D eigenvalue weighted by Gasteiger charge is 2.37. The number of aliphatic hydroxyl groups is 1. The van der Waals surface area contributed by atoms with Gasteiger partial charge in [-0.05, 0) is 59.9 Å². The molecule has 1 aliphatic carbocycles. The average molecular weight is 351 g/mol. The molecule has 0 saturated carbocycles. The van der Waals surface area contributed by atoms with Crippen molar-refractivity contribution in [2.75, 3.05) is 7.11 Å². The van der Waals surface area contributed by atoms with Crippen LogP contribution in [0.15, 0.2) is 40.9 Å². The highest BCUT2D eigenvalue weighted by Crippen LogP contribution is 2.41. The Kier molecular flexibility index (Phi) is 3.76. The number of rotatable bonds is 3. The van der Waals surface area contributed by atoms with Crippen LogP contribution in [-0.4, -0.2) is 12.2 Å². The standard InChI is InChI=1S/C17H16BrFO2/c1-21-16-5-2-13(18)8-12(16)10-17(20)7-6-11-9-14(19)3-4-15(11)17/h2-5,8-9,20H,6-7,10H2,1H3. The molecule has 0 aliphatic heterocycles. The summed E-state index contributed by atoms with van der Waals surface area (Å²) in [5.41, 5.74) is 1.70. The molecule has 0 fully saturated rings. The number of halogens is 2. The van der Waals surface area contributed by atoms with Gasteiger partial charge in [-0.3, -0.25) is 0 Å². The average Bonchev–Trinajstić information content (AvgIpc) is 2.76. The zero-order valence-corrected chi connectivity index (χ0v) is 13.3. The fourth-order valence-corrected chi connectivity index (χ4v) is 3.49. The third-order valence-electron chi connectivity index (χ3n) is 4.10. The van der Waals surface area contributed by atoms with Gasteiger partial charge in [0.15, 0.2) is 0 Å².